The minimum Gasteiger partial charge on any atom is -0.342 e. The second-order valence-corrected chi connectivity index (χ2v) is 10.7. The van der Waals surface area contributed by atoms with Crippen LogP contribution in [0.5, 0.6) is 0 Å². The van der Waals surface area contributed by atoms with Gasteiger partial charge in [-0.25, -0.2) is 0 Å². The number of thioether (sulfide) groups is 1. The van der Waals surface area contributed by atoms with E-state index in [4.69, 9.17) is 23.2 Å². The van der Waals surface area contributed by atoms with Crippen molar-refractivity contribution in [3.63, 3.8) is 0 Å². The molecule has 0 unspecified atom stereocenters. The van der Waals surface area contributed by atoms with Gasteiger partial charge in [-0.15, -0.1) is 10.2 Å². The SMILES string of the molecule is CCn1c(SCC(=O)Nc2ccc([N+](=O)[O-])cc2C)nnc1[C@H](CC(C)C)NC(=O)c1ccc(Cl)cc1Cl. The van der Waals surface area contributed by atoms with Crippen LogP contribution in [0.25, 0.3) is 0 Å². The number of carbonyl (C=O) groups excluding carboxylic acids is 2. The number of carbonyl (C=O) groups is 2. The van der Waals surface area contributed by atoms with Gasteiger partial charge in [0.05, 0.1) is 27.3 Å². The molecule has 3 aromatic rings. The highest BCUT2D eigenvalue weighted by atomic mass is 35.5. The molecule has 13 heteroatoms. The molecule has 2 N–H and O–H groups in total. The third-order valence-corrected chi connectivity index (χ3v) is 7.10. The van der Waals surface area contributed by atoms with Crippen molar-refractivity contribution in [2.45, 2.75) is 51.9 Å². The zero-order valence-electron chi connectivity index (χ0n) is 21.3. The molecule has 1 atom stereocenters. The summed E-state index contributed by atoms with van der Waals surface area (Å²) in [4.78, 5) is 36.1. The number of nitro benzene ring substituents is 1. The maximum absolute atomic E-state index is 13.0. The molecule has 1 aromatic heterocycles. The Balaban J connectivity index is 1.74. The molecule has 0 aliphatic heterocycles. The van der Waals surface area contributed by atoms with Crippen LogP contribution in [0.2, 0.25) is 10.0 Å². The van der Waals surface area contributed by atoms with E-state index < -0.39 is 11.0 Å². The second-order valence-electron chi connectivity index (χ2n) is 8.96. The molecule has 0 aliphatic rings. The number of nitrogens with one attached hydrogen (secondary N) is 2. The van der Waals surface area contributed by atoms with E-state index in [1.54, 1.807) is 19.1 Å². The first kappa shape index (κ1) is 29.4. The van der Waals surface area contributed by atoms with E-state index in [9.17, 15) is 19.7 Å². The van der Waals surface area contributed by atoms with Crippen LogP contribution in [-0.2, 0) is 11.3 Å². The lowest BCUT2D eigenvalue weighted by atomic mass is 10.0. The smallest absolute Gasteiger partial charge is 0.269 e. The van der Waals surface area contributed by atoms with Gasteiger partial charge >= 0.3 is 0 Å². The van der Waals surface area contributed by atoms with Gasteiger partial charge in [0, 0.05) is 29.4 Å². The quantitative estimate of drug-likeness (QED) is 0.160. The fourth-order valence-electron chi connectivity index (χ4n) is 3.79. The standard InChI is InChI=1S/C25H28Cl2N6O4S/c1-5-32-23(21(10-14(2)3)29-24(35)18-8-6-16(26)12-19(18)27)30-31-25(32)38-13-22(34)28-20-9-7-17(33(36)37)11-15(20)4/h6-9,11-12,14,21H,5,10,13H2,1-4H3,(H,28,34)(H,29,35)/t21-/m0/s1. The van der Waals surface area contributed by atoms with Gasteiger partial charge in [0.25, 0.3) is 11.6 Å². The Morgan fingerprint density at radius 2 is 1.89 bits per heavy atom. The molecule has 3 rings (SSSR count). The van der Waals surface area contributed by atoms with Crippen LogP contribution in [-0.4, -0.2) is 37.3 Å². The number of hydrogen-bond donors (Lipinski definition) is 2. The average molecular weight is 580 g/mol. The topological polar surface area (TPSA) is 132 Å². The van der Waals surface area contributed by atoms with Crippen molar-refractivity contribution in [3.8, 4) is 0 Å². The molecule has 38 heavy (non-hydrogen) atoms. The van der Waals surface area contributed by atoms with E-state index in [0.29, 0.717) is 45.8 Å². The lowest BCUT2D eigenvalue weighted by Gasteiger charge is -2.21. The summed E-state index contributed by atoms with van der Waals surface area (Å²) >= 11 is 13.4. The third-order valence-electron chi connectivity index (χ3n) is 5.59. The van der Waals surface area contributed by atoms with Gasteiger partial charge in [0.1, 0.15) is 0 Å². The predicted octanol–water partition coefficient (Wildman–Crippen LogP) is 6.07. The van der Waals surface area contributed by atoms with Crippen LogP contribution < -0.4 is 10.6 Å². The molecule has 2 amide bonds. The number of aryl methyl sites for hydroxylation is 1. The fraction of sp³-hybridized carbons (Fsp3) is 0.360. The summed E-state index contributed by atoms with van der Waals surface area (Å²) in [5.41, 5.74) is 1.35. The van der Waals surface area contributed by atoms with Gasteiger partial charge in [0.15, 0.2) is 11.0 Å². The highest BCUT2D eigenvalue weighted by Gasteiger charge is 2.25. The van der Waals surface area contributed by atoms with Gasteiger partial charge < -0.3 is 15.2 Å². The van der Waals surface area contributed by atoms with Crippen molar-refractivity contribution in [1.29, 1.82) is 0 Å². The summed E-state index contributed by atoms with van der Waals surface area (Å²) in [6.07, 6.45) is 0.611. The second kappa shape index (κ2) is 13.1. The molecule has 1 heterocycles. The van der Waals surface area contributed by atoms with E-state index in [0.717, 1.165) is 0 Å². The largest absolute Gasteiger partial charge is 0.342 e. The molecule has 0 spiro atoms. The summed E-state index contributed by atoms with van der Waals surface area (Å²) in [7, 11) is 0. The number of halogens is 2. The summed E-state index contributed by atoms with van der Waals surface area (Å²) in [6.45, 7) is 8.24. The summed E-state index contributed by atoms with van der Waals surface area (Å²) in [6, 6.07) is 8.51. The number of amides is 2. The fourth-order valence-corrected chi connectivity index (χ4v) is 5.09. The monoisotopic (exact) mass is 578 g/mol. The van der Waals surface area contributed by atoms with E-state index in [1.165, 1.54) is 36.0 Å². The summed E-state index contributed by atoms with van der Waals surface area (Å²) < 4.78 is 1.87. The van der Waals surface area contributed by atoms with E-state index in [1.807, 2.05) is 25.3 Å². The molecular formula is C25H28Cl2N6O4S. The highest BCUT2D eigenvalue weighted by molar-refractivity contribution is 7.99. The minimum absolute atomic E-state index is 0.0418. The van der Waals surface area contributed by atoms with Crippen LogP contribution >= 0.6 is 35.0 Å². The average Bonchev–Trinajstić information content (AvgIpc) is 3.26. The van der Waals surface area contributed by atoms with Gasteiger partial charge in [-0.05, 0) is 56.0 Å². The molecular weight excluding hydrogens is 551 g/mol. The van der Waals surface area contributed by atoms with Crippen LogP contribution in [0.15, 0.2) is 41.6 Å². The number of nitro groups is 1. The molecule has 0 radical (unpaired) electrons. The highest BCUT2D eigenvalue weighted by Crippen LogP contribution is 2.27. The number of rotatable bonds is 11. The number of benzene rings is 2. The molecule has 0 saturated carbocycles. The molecule has 0 saturated heterocycles. The Hall–Kier alpha value is -3.15. The Kier molecular flexibility index (Phi) is 10.1. The van der Waals surface area contributed by atoms with Gasteiger partial charge in [-0.2, -0.15) is 0 Å². The zero-order chi connectivity index (χ0) is 28.0. The Morgan fingerprint density at radius 1 is 1.16 bits per heavy atom. The lowest BCUT2D eigenvalue weighted by molar-refractivity contribution is -0.384. The molecule has 10 nitrogen and oxygen atoms in total. The summed E-state index contributed by atoms with van der Waals surface area (Å²) in [5.74, 6) is 0.234. The van der Waals surface area contributed by atoms with Crippen molar-refractivity contribution in [2.75, 3.05) is 11.1 Å². The van der Waals surface area contributed by atoms with Crippen LogP contribution in [0, 0.1) is 23.0 Å². The number of aromatic nitrogens is 3. The first-order valence-corrected chi connectivity index (χ1v) is 13.6. The lowest BCUT2D eigenvalue weighted by Crippen LogP contribution is -2.32. The van der Waals surface area contributed by atoms with Gasteiger partial charge in [0.2, 0.25) is 5.91 Å². The van der Waals surface area contributed by atoms with Crippen molar-refractivity contribution >= 4 is 58.2 Å². The first-order chi connectivity index (χ1) is 18.0. The van der Waals surface area contributed by atoms with Crippen LogP contribution in [0.4, 0.5) is 11.4 Å². The Labute approximate surface area is 234 Å². The number of nitrogens with zero attached hydrogens (tertiary/aromatic N) is 4. The van der Waals surface area contributed by atoms with Crippen molar-refractivity contribution in [1.82, 2.24) is 20.1 Å². The predicted molar refractivity (Wildman–Crippen MR) is 149 cm³/mol. The van der Waals surface area contributed by atoms with Crippen LogP contribution in [0.3, 0.4) is 0 Å². The normalized spacial score (nSPS) is 11.9. The third kappa shape index (κ3) is 7.46. The van der Waals surface area contributed by atoms with Crippen molar-refractivity contribution < 1.29 is 14.5 Å². The Morgan fingerprint density at radius 3 is 2.50 bits per heavy atom. The Bertz CT molecular complexity index is 1350. The van der Waals surface area contributed by atoms with Gasteiger partial charge in [-0.3, -0.25) is 19.7 Å². The molecule has 0 aliphatic carbocycles. The molecule has 0 bridgehead atoms. The molecule has 0 fully saturated rings. The minimum atomic E-state index is -0.483. The van der Waals surface area contributed by atoms with Crippen molar-refractivity contribution in [2.24, 2.45) is 5.92 Å². The number of anilines is 1. The molecule has 2 aromatic carbocycles. The van der Waals surface area contributed by atoms with Crippen LogP contribution in [0.1, 0.15) is 55.0 Å². The summed E-state index contributed by atoms with van der Waals surface area (Å²) in [5, 5.41) is 26.6. The van der Waals surface area contributed by atoms with Gasteiger partial charge in [-0.1, -0.05) is 48.8 Å². The van der Waals surface area contributed by atoms with Crippen molar-refractivity contribution in [3.05, 3.63) is 73.5 Å². The maximum atomic E-state index is 13.0. The van der Waals surface area contributed by atoms with E-state index in [2.05, 4.69) is 20.8 Å². The first-order valence-electron chi connectivity index (χ1n) is 11.9. The van der Waals surface area contributed by atoms with E-state index in [-0.39, 0.29) is 34.2 Å². The van der Waals surface area contributed by atoms with E-state index >= 15 is 0 Å². The number of non-ortho nitro benzene ring substituents is 1. The zero-order valence-corrected chi connectivity index (χ0v) is 23.7. The number of hydrogen-bond acceptors (Lipinski definition) is 7. The molecule has 202 valence electrons. The maximum Gasteiger partial charge on any atom is 0.269 e.